The summed E-state index contributed by atoms with van der Waals surface area (Å²) >= 11 is 1.24. The van der Waals surface area contributed by atoms with Crippen molar-refractivity contribution in [3.63, 3.8) is 0 Å². The molecule has 0 radical (unpaired) electrons. The van der Waals surface area contributed by atoms with Gasteiger partial charge in [0, 0.05) is 11.5 Å². The van der Waals surface area contributed by atoms with Gasteiger partial charge in [-0.2, -0.15) is 0 Å². The first-order valence-corrected chi connectivity index (χ1v) is 3.89. The second-order valence-electron chi connectivity index (χ2n) is 1.87. The lowest BCUT2D eigenvalue weighted by atomic mass is 10.3. The quantitative estimate of drug-likeness (QED) is 0.518. The van der Waals surface area contributed by atoms with Gasteiger partial charge in [0.15, 0.2) is 6.29 Å². The van der Waals surface area contributed by atoms with Crippen LogP contribution >= 0.6 is 11.3 Å². The van der Waals surface area contributed by atoms with Crippen LogP contribution in [0.15, 0.2) is 11.4 Å². The molecule has 0 aliphatic carbocycles. The van der Waals surface area contributed by atoms with Gasteiger partial charge < -0.3 is 5.11 Å². The zero-order valence-corrected chi connectivity index (χ0v) is 6.72. The van der Waals surface area contributed by atoms with Gasteiger partial charge in [-0.1, -0.05) is 5.92 Å². The fourth-order valence-corrected chi connectivity index (χ4v) is 1.29. The molecule has 0 unspecified atom stereocenters. The van der Waals surface area contributed by atoms with Gasteiger partial charge in [0.1, 0.15) is 0 Å². The molecule has 0 saturated heterocycles. The molecule has 0 saturated carbocycles. The van der Waals surface area contributed by atoms with Crippen LogP contribution in [0.25, 0.3) is 0 Å². The second-order valence-corrected chi connectivity index (χ2v) is 2.82. The maximum absolute atomic E-state index is 10.3. The number of aliphatic carboxylic acids is 1. The molecule has 0 aromatic carbocycles. The Morgan fingerprint density at radius 2 is 2.42 bits per heavy atom. The number of carbonyl (C=O) groups is 2. The van der Waals surface area contributed by atoms with Crippen molar-refractivity contribution in [3.05, 3.63) is 21.9 Å². The van der Waals surface area contributed by atoms with Crippen LogP contribution in [0.4, 0.5) is 0 Å². The minimum Gasteiger partial charge on any atom is -0.472 e. The Morgan fingerprint density at radius 3 is 3.00 bits per heavy atom. The highest BCUT2D eigenvalue weighted by atomic mass is 32.1. The second kappa shape index (κ2) is 3.69. The highest BCUT2D eigenvalue weighted by Gasteiger charge is 1.98. The van der Waals surface area contributed by atoms with E-state index in [1.165, 1.54) is 11.3 Å². The Bertz CT molecular complexity index is 367. The monoisotopic (exact) mass is 180 g/mol. The van der Waals surface area contributed by atoms with Gasteiger partial charge in [0.25, 0.3) is 0 Å². The normalized spacial score (nSPS) is 8.33. The van der Waals surface area contributed by atoms with E-state index in [-0.39, 0.29) is 0 Å². The van der Waals surface area contributed by atoms with Crippen molar-refractivity contribution in [3.8, 4) is 11.8 Å². The SMILES string of the molecule is O=Cc1sccc1C#CC(=O)O. The number of carboxylic acid groups (broad SMARTS) is 1. The molecule has 0 atom stereocenters. The molecular weight excluding hydrogens is 176 g/mol. The third kappa shape index (κ3) is 1.94. The van der Waals surface area contributed by atoms with Gasteiger partial charge in [-0.05, 0) is 11.4 Å². The van der Waals surface area contributed by atoms with E-state index < -0.39 is 5.97 Å². The molecule has 0 aliphatic rings. The third-order valence-electron chi connectivity index (χ3n) is 1.11. The van der Waals surface area contributed by atoms with E-state index in [4.69, 9.17) is 5.11 Å². The summed E-state index contributed by atoms with van der Waals surface area (Å²) in [6.45, 7) is 0. The highest BCUT2D eigenvalue weighted by molar-refractivity contribution is 7.11. The Kier molecular flexibility index (Phi) is 2.62. The number of carbonyl (C=O) groups excluding carboxylic acids is 1. The highest BCUT2D eigenvalue weighted by Crippen LogP contribution is 2.12. The molecule has 1 N–H and O–H groups in total. The lowest BCUT2D eigenvalue weighted by molar-refractivity contribution is -0.130. The van der Waals surface area contributed by atoms with Gasteiger partial charge in [0.05, 0.1) is 4.88 Å². The molecule has 12 heavy (non-hydrogen) atoms. The number of hydrogen-bond acceptors (Lipinski definition) is 3. The predicted molar refractivity (Wildman–Crippen MR) is 44.2 cm³/mol. The average molecular weight is 180 g/mol. The predicted octanol–water partition coefficient (Wildman–Crippen LogP) is 0.997. The summed E-state index contributed by atoms with van der Waals surface area (Å²) in [6, 6.07) is 1.62. The van der Waals surface area contributed by atoms with E-state index in [1.807, 2.05) is 5.92 Å². The summed E-state index contributed by atoms with van der Waals surface area (Å²) in [5.41, 5.74) is 0.470. The molecule has 1 aromatic rings. The lowest BCUT2D eigenvalue weighted by Crippen LogP contribution is -1.87. The number of aldehydes is 1. The number of rotatable bonds is 1. The topological polar surface area (TPSA) is 54.4 Å². The molecule has 0 amide bonds. The molecule has 1 aromatic heterocycles. The van der Waals surface area contributed by atoms with Crippen LogP contribution < -0.4 is 0 Å². The van der Waals surface area contributed by atoms with Gasteiger partial charge in [-0.15, -0.1) is 11.3 Å². The van der Waals surface area contributed by atoms with Crippen LogP contribution in [0, 0.1) is 11.8 Å². The summed E-state index contributed by atoms with van der Waals surface area (Å²) in [5.74, 6) is 3.11. The molecule has 0 aliphatic heterocycles. The molecule has 1 rings (SSSR count). The summed E-state index contributed by atoms with van der Waals surface area (Å²) in [5, 5.41) is 9.91. The lowest BCUT2D eigenvalue weighted by Gasteiger charge is -1.81. The van der Waals surface area contributed by atoms with Crippen molar-refractivity contribution >= 4 is 23.6 Å². The zero-order valence-electron chi connectivity index (χ0n) is 5.90. The Morgan fingerprint density at radius 1 is 1.67 bits per heavy atom. The summed E-state index contributed by atoms with van der Waals surface area (Å²) in [6.07, 6.45) is 0.663. The van der Waals surface area contributed by atoms with Crippen LogP contribution in [-0.2, 0) is 4.79 Å². The maximum Gasteiger partial charge on any atom is 0.382 e. The number of carboxylic acids is 1. The van der Waals surface area contributed by atoms with E-state index in [0.717, 1.165) is 0 Å². The fraction of sp³-hybridized carbons (Fsp3) is 0. The van der Waals surface area contributed by atoms with Crippen LogP contribution in [0.5, 0.6) is 0 Å². The maximum atomic E-state index is 10.3. The molecule has 4 heteroatoms. The summed E-state index contributed by atoms with van der Waals surface area (Å²) < 4.78 is 0. The third-order valence-corrected chi connectivity index (χ3v) is 1.95. The summed E-state index contributed by atoms with van der Waals surface area (Å²) in [4.78, 5) is 20.8. The van der Waals surface area contributed by atoms with Crippen molar-refractivity contribution in [2.45, 2.75) is 0 Å². The van der Waals surface area contributed by atoms with Crippen molar-refractivity contribution in [1.82, 2.24) is 0 Å². The molecule has 3 nitrogen and oxygen atoms in total. The molecule has 1 heterocycles. The van der Waals surface area contributed by atoms with E-state index in [0.29, 0.717) is 16.7 Å². The Labute approximate surface area is 72.6 Å². The molecular formula is C8H4O3S. The largest absolute Gasteiger partial charge is 0.472 e. The van der Waals surface area contributed by atoms with Crippen LogP contribution in [-0.4, -0.2) is 17.4 Å². The smallest absolute Gasteiger partial charge is 0.382 e. The van der Waals surface area contributed by atoms with Crippen LogP contribution in [0.3, 0.4) is 0 Å². The van der Waals surface area contributed by atoms with Gasteiger partial charge in [0.2, 0.25) is 0 Å². The van der Waals surface area contributed by atoms with E-state index in [1.54, 1.807) is 11.4 Å². The number of thiophene rings is 1. The first-order valence-electron chi connectivity index (χ1n) is 3.01. The van der Waals surface area contributed by atoms with Gasteiger partial charge in [-0.25, -0.2) is 4.79 Å². The molecule has 0 bridgehead atoms. The first kappa shape index (κ1) is 8.50. The fourth-order valence-electron chi connectivity index (χ4n) is 0.636. The summed E-state index contributed by atoms with van der Waals surface area (Å²) in [7, 11) is 0. The van der Waals surface area contributed by atoms with E-state index >= 15 is 0 Å². The zero-order chi connectivity index (χ0) is 8.97. The Balaban J connectivity index is 2.98. The van der Waals surface area contributed by atoms with Crippen LogP contribution in [0.1, 0.15) is 15.2 Å². The van der Waals surface area contributed by atoms with Crippen molar-refractivity contribution < 1.29 is 14.7 Å². The van der Waals surface area contributed by atoms with E-state index in [2.05, 4.69) is 5.92 Å². The van der Waals surface area contributed by atoms with Gasteiger partial charge in [-0.3, -0.25) is 4.79 Å². The Hall–Kier alpha value is -1.60. The molecule has 0 spiro atoms. The van der Waals surface area contributed by atoms with E-state index in [9.17, 15) is 9.59 Å². The average Bonchev–Trinajstić information content (AvgIpc) is 2.47. The minimum absolute atomic E-state index is 0.462. The molecule has 0 fully saturated rings. The minimum atomic E-state index is -1.20. The van der Waals surface area contributed by atoms with Crippen molar-refractivity contribution in [1.29, 1.82) is 0 Å². The first-order chi connectivity index (χ1) is 5.74. The van der Waals surface area contributed by atoms with Crippen LogP contribution in [0.2, 0.25) is 0 Å². The standard InChI is InChI=1S/C8H4O3S/c9-5-7-6(3-4-12-7)1-2-8(10)11/h3-5H,(H,10,11). The molecule has 60 valence electrons. The van der Waals surface area contributed by atoms with Crippen molar-refractivity contribution in [2.75, 3.05) is 0 Å². The van der Waals surface area contributed by atoms with Gasteiger partial charge >= 0.3 is 5.97 Å². The van der Waals surface area contributed by atoms with Crippen molar-refractivity contribution in [2.24, 2.45) is 0 Å². The number of hydrogen-bond donors (Lipinski definition) is 1.